The van der Waals surface area contributed by atoms with Gasteiger partial charge in [0.15, 0.2) is 0 Å². The molecule has 2 aliphatic rings. The van der Waals surface area contributed by atoms with Crippen LogP contribution in [0.2, 0.25) is 0 Å². The second kappa shape index (κ2) is 6.68. The molecule has 0 aromatic carbocycles. The van der Waals surface area contributed by atoms with Crippen LogP contribution in [0.1, 0.15) is 38.2 Å². The van der Waals surface area contributed by atoms with Crippen LogP contribution >= 0.6 is 0 Å². The summed E-state index contributed by atoms with van der Waals surface area (Å²) in [5, 5.41) is 0. The van der Waals surface area contributed by atoms with Crippen molar-refractivity contribution in [2.75, 3.05) is 26.2 Å². The number of hydrogen-bond acceptors (Lipinski definition) is 3. The van der Waals surface area contributed by atoms with Crippen molar-refractivity contribution in [3.63, 3.8) is 0 Å². The Morgan fingerprint density at radius 3 is 2.55 bits per heavy atom. The molecule has 2 unspecified atom stereocenters. The van der Waals surface area contributed by atoms with Crippen molar-refractivity contribution in [3.05, 3.63) is 30.1 Å². The van der Waals surface area contributed by atoms with E-state index in [0.717, 1.165) is 18.5 Å². The molecule has 0 amide bonds. The van der Waals surface area contributed by atoms with Crippen molar-refractivity contribution in [1.82, 2.24) is 14.8 Å². The lowest BCUT2D eigenvalue weighted by molar-refractivity contribution is 0.0659. The van der Waals surface area contributed by atoms with Crippen molar-refractivity contribution in [2.24, 2.45) is 5.92 Å². The topological polar surface area (TPSA) is 19.4 Å². The van der Waals surface area contributed by atoms with Crippen LogP contribution in [0.15, 0.2) is 24.5 Å². The Balaban J connectivity index is 1.47. The number of piperazine rings is 1. The third kappa shape index (κ3) is 3.58. The van der Waals surface area contributed by atoms with Gasteiger partial charge in [0.2, 0.25) is 0 Å². The zero-order chi connectivity index (χ0) is 13.8. The molecule has 0 bridgehead atoms. The largest absolute Gasteiger partial charge is 0.298 e. The van der Waals surface area contributed by atoms with Crippen molar-refractivity contribution < 1.29 is 0 Å². The molecule has 2 heterocycles. The van der Waals surface area contributed by atoms with E-state index in [1.54, 1.807) is 0 Å². The van der Waals surface area contributed by atoms with Gasteiger partial charge < -0.3 is 0 Å². The Labute approximate surface area is 123 Å². The Morgan fingerprint density at radius 2 is 1.85 bits per heavy atom. The summed E-state index contributed by atoms with van der Waals surface area (Å²) >= 11 is 0. The minimum Gasteiger partial charge on any atom is -0.298 e. The molecule has 1 saturated heterocycles. The van der Waals surface area contributed by atoms with Gasteiger partial charge in [-0.15, -0.1) is 0 Å². The van der Waals surface area contributed by atoms with Gasteiger partial charge in [0, 0.05) is 51.2 Å². The zero-order valence-corrected chi connectivity index (χ0v) is 12.7. The summed E-state index contributed by atoms with van der Waals surface area (Å²) in [4.78, 5) is 9.42. The van der Waals surface area contributed by atoms with Gasteiger partial charge in [-0.3, -0.25) is 14.8 Å². The number of hydrogen-bond donors (Lipinski definition) is 0. The van der Waals surface area contributed by atoms with Gasteiger partial charge in [-0.25, -0.2) is 0 Å². The van der Waals surface area contributed by atoms with Crippen molar-refractivity contribution in [2.45, 2.75) is 45.2 Å². The maximum atomic E-state index is 4.09. The number of rotatable bonds is 3. The minimum atomic E-state index is 0.863. The maximum Gasteiger partial charge on any atom is 0.0271 e. The summed E-state index contributed by atoms with van der Waals surface area (Å²) in [5.74, 6) is 0.934. The highest BCUT2D eigenvalue weighted by Crippen LogP contribution is 2.28. The molecule has 2 fully saturated rings. The molecule has 3 nitrogen and oxygen atoms in total. The fourth-order valence-corrected chi connectivity index (χ4v) is 3.77. The molecular formula is C17H27N3. The van der Waals surface area contributed by atoms with E-state index in [0.29, 0.717) is 0 Å². The first-order valence-corrected chi connectivity index (χ1v) is 8.16. The SMILES string of the molecule is CC1CCCC(N2CCN(Cc3ccncc3)CC2)C1. The highest BCUT2D eigenvalue weighted by atomic mass is 15.3. The molecule has 20 heavy (non-hydrogen) atoms. The van der Waals surface area contributed by atoms with Gasteiger partial charge in [0.25, 0.3) is 0 Å². The van der Waals surface area contributed by atoms with Gasteiger partial charge in [0.1, 0.15) is 0 Å². The van der Waals surface area contributed by atoms with E-state index in [1.165, 1.54) is 57.4 Å². The summed E-state index contributed by atoms with van der Waals surface area (Å²) in [6, 6.07) is 5.13. The van der Waals surface area contributed by atoms with Crippen molar-refractivity contribution in [1.29, 1.82) is 0 Å². The second-order valence-electron chi connectivity index (χ2n) is 6.59. The van der Waals surface area contributed by atoms with E-state index in [9.17, 15) is 0 Å². The van der Waals surface area contributed by atoms with Crippen LogP contribution in [0.3, 0.4) is 0 Å². The summed E-state index contributed by atoms with van der Waals surface area (Å²) in [6.45, 7) is 8.44. The van der Waals surface area contributed by atoms with E-state index in [4.69, 9.17) is 0 Å². The first-order chi connectivity index (χ1) is 9.81. The van der Waals surface area contributed by atoms with Crippen LogP contribution in [0.5, 0.6) is 0 Å². The summed E-state index contributed by atoms with van der Waals surface area (Å²) in [6.07, 6.45) is 9.52. The molecular weight excluding hydrogens is 246 g/mol. The minimum absolute atomic E-state index is 0.863. The zero-order valence-electron chi connectivity index (χ0n) is 12.7. The quantitative estimate of drug-likeness (QED) is 0.844. The number of aromatic nitrogens is 1. The third-order valence-electron chi connectivity index (χ3n) is 4.99. The number of pyridine rings is 1. The maximum absolute atomic E-state index is 4.09. The van der Waals surface area contributed by atoms with Gasteiger partial charge in [-0.1, -0.05) is 19.8 Å². The average molecular weight is 273 g/mol. The van der Waals surface area contributed by atoms with E-state index < -0.39 is 0 Å². The number of nitrogens with zero attached hydrogens (tertiary/aromatic N) is 3. The molecule has 1 aromatic rings. The predicted molar refractivity (Wildman–Crippen MR) is 82.5 cm³/mol. The highest BCUT2D eigenvalue weighted by molar-refractivity contribution is 5.09. The van der Waals surface area contributed by atoms with Gasteiger partial charge in [-0.05, 0) is 36.5 Å². The molecule has 1 aliphatic carbocycles. The monoisotopic (exact) mass is 273 g/mol. The highest BCUT2D eigenvalue weighted by Gasteiger charge is 2.27. The van der Waals surface area contributed by atoms with E-state index in [-0.39, 0.29) is 0 Å². The van der Waals surface area contributed by atoms with E-state index in [1.807, 2.05) is 12.4 Å². The molecule has 110 valence electrons. The summed E-state index contributed by atoms with van der Waals surface area (Å²) in [5.41, 5.74) is 1.39. The smallest absolute Gasteiger partial charge is 0.0271 e. The van der Waals surface area contributed by atoms with Crippen molar-refractivity contribution in [3.8, 4) is 0 Å². The molecule has 1 aromatic heterocycles. The predicted octanol–water partition coefficient (Wildman–Crippen LogP) is 2.78. The van der Waals surface area contributed by atoms with Crippen LogP contribution in [0.4, 0.5) is 0 Å². The standard InChI is InChI=1S/C17H27N3/c1-15-3-2-4-17(13-15)20-11-9-19(10-12-20)14-16-5-7-18-8-6-16/h5-8,15,17H,2-4,9-14H2,1H3. The fraction of sp³-hybridized carbons (Fsp3) is 0.706. The fourth-order valence-electron chi connectivity index (χ4n) is 3.77. The Bertz CT molecular complexity index is 398. The van der Waals surface area contributed by atoms with Crippen LogP contribution in [0.25, 0.3) is 0 Å². The molecule has 3 heteroatoms. The first-order valence-electron chi connectivity index (χ1n) is 8.16. The molecule has 0 N–H and O–H groups in total. The normalized spacial score (nSPS) is 29.4. The van der Waals surface area contributed by atoms with E-state index in [2.05, 4.69) is 33.8 Å². The first kappa shape index (κ1) is 14.0. The Morgan fingerprint density at radius 1 is 1.10 bits per heavy atom. The van der Waals surface area contributed by atoms with Gasteiger partial charge >= 0.3 is 0 Å². The summed E-state index contributed by atoms with van der Waals surface area (Å²) in [7, 11) is 0. The molecule has 3 rings (SSSR count). The van der Waals surface area contributed by atoms with Crippen LogP contribution < -0.4 is 0 Å². The Kier molecular flexibility index (Phi) is 4.69. The molecule has 1 saturated carbocycles. The van der Waals surface area contributed by atoms with Crippen LogP contribution in [-0.4, -0.2) is 47.0 Å². The average Bonchev–Trinajstić information content (AvgIpc) is 2.49. The molecule has 1 aliphatic heterocycles. The lowest BCUT2D eigenvalue weighted by Gasteiger charge is -2.42. The molecule has 0 spiro atoms. The Hall–Kier alpha value is -0.930. The van der Waals surface area contributed by atoms with Gasteiger partial charge in [0.05, 0.1) is 0 Å². The van der Waals surface area contributed by atoms with Gasteiger partial charge in [-0.2, -0.15) is 0 Å². The lowest BCUT2D eigenvalue weighted by Crippen LogP contribution is -2.50. The van der Waals surface area contributed by atoms with Crippen molar-refractivity contribution >= 4 is 0 Å². The van der Waals surface area contributed by atoms with E-state index >= 15 is 0 Å². The van der Waals surface area contributed by atoms with Crippen LogP contribution in [-0.2, 0) is 6.54 Å². The second-order valence-corrected chi connectivity index (χ2v) is 6.59. The molecule has 2 atom stereocenters. The summed E-state index contributed by atoms with van der Waals surface area (Å²) < 4.78 is 0. The third-order valence-corrected chi connectivity index (χ3v) is 4.99. The lowest BCUT2D eigenvalue weighted by atomic mass is 9.86. The molecule has 0 radical (unpaired) electrons. The van der Waals surface area contributed by atoms with Crippen LogP contribution in [0, 0.1) is 5.92 Å².